The SMILES string of the molecule is N#CCCN(C(=O)C(N)CC(N)=O)c1ccccc1. The number of hydrogen-bond acceptors (Lipinski definition) is 4. The molecule has 0 saturated carbocycles. The van der Waals surface area contributed by atoms with E-state index in [1.807, 2.05) is 12.1 Å². The van der Waals surface area contributed by atoms with E-state index >= 15 is 0 Å². The number of nitrogens with zero attached hydrogens (tertiary/aromatic N) is 2. The van der Waals surface area contributed by atoms with Crippen LogP contribution in [0.4, 0.5) is 5.69 Å². The summed E-state index contributed by atoms with van der Waals surface area (Å²) < 4.78 is 0. The van der Waals surface area contributed by atoms with E-state index in [1.165, 1.54) is 4.90 Å². The van der Waals surface area contributed by atoms with Crippen molar-refractivity contribution >= 4 is 17.5 Å². The van der Waals surface area contributed by atoms with Crippen LogP contribution < -0.4 is 16.4 Å². The van der Waals surface area contributed by atoms with E-state index in [1.54, 1.807) is 24.3 Å². The summed E-state index contributed by atoms with van der Waals surface area (Å²) in [4.78, 5) is 24.4. The van der Waals surface area contributed by atoms with Crippen molar-refractivity contribution in [2.75, 3.05) is 11.4 Å². The predicted octanol–water partition coefficient (Wildman–Crippen LogP) is 0.136. The van der Waals surface area contributed by atoms with Crippen LogP contribution in [0, 0.1) is 11.3 Å². The number of carbonyl (C=O) groups excluding carboxylic acids is 2. The lowest BCUT2D eigenvalue weighted by atomic mass is 10.1. The lowest BCUT2D eigenvalue weighted by molar-refractivity contribution is -0.124. The van der Waals surface area contributed by atoms with Gasteiger partial charge >= 0.3 is 0 Å². The number of nitriles is 1. The average molecular weight is 260 g/mol. The summed E-state index contributed by atoms with van der Waals surface area (Å²) in [7, 11) is 0. The van der Waals surface area contributed by atoms with E-state index in [2.05, 4.69) is 0 Å². The molecule has 1 rings (SSSR count). The molecule has 0 saturated heterocycles. The standard InChI is InChI=1S/C13H16N4O2/c14-7-4-8-17(10-5-2-1-3-6-10)13(19)11(15)9-12(16)18/h1-3,5-6,11H,4,8-9,15H2,(H2,16,18). The molecule has 6 heteroatoms. The molecule has 100 valence electrons. The maximum Gasteiger partial charge on any atom is 0.244 e. The predicted molar refractivity (Wildman–Crippen MR) is 70.8 cm³/mol. The molecule has 0 bridgehead atoms. The van der Waals surface area contributed by atoms with E-state index in [-0.39, 0.29) is 19.4 Å². The highest BCUT2D eigenvalue weighted by atomic mass is 16.2. The Morgan fingerprint density at radius 1 is 1.32 bits per heavy atom. The Hall–Kier alpha value is -2.39. The van der Waals surface area contributed by atoms with E-state index in [9.17, 15) is 9.59 Å². The maximum absolute atomic E-state index is 12.2. The first-order valence-electron chi connectivity index (χ1n) is 5.83. The second-order valence-electron chi connectivity index (χ2n) is 4.01. The van der Waals surface area contributed by atoms with Crippen LogP contribution in [0.25, 0.3) is 0 Å². The maximum atomic E-state index is 12.2. The molecule has 0 aliphatic carbocycles. The summed E-state index contributed by atoms with van der Waals surface area (Å²) in [5.41, 5.74) is 11.3. The van der Waals surface area contributed by atoms with E-state index < -0.39 is 17.9 Å². The normalized spacial score (nSPS) is 11.4. The first-order chi connectivity index (χ1) is 9.06. The molecule has 0 aromatic heterocycles. The number of nitrogens with two attached hydrogens (primary N) is 2. The molecule has 0 fully saturated rings. The quantitative estimate of drug-likeness (QED) is 0.757. The number of hydrogen-bond donors (Lipinski definition) is 2. The third-order valence-electron chi connectivity index (χ3n) is 2.52. The summed E-state index contributed by atoms with van der Waals surface area (Å²) in [6, 6.07) is 9.85. The van der Waals surface area contributed by atoms with Crippen LogP contribution in [0.2, 0.25) is 0 Å². The second-order valence-corrected chi connectivity index (χ2v) is 4.01. The average Bonchev–Trinajstić information content (AvgIpc) is 2.39. The Labute approximate surface area is 111 Å². The van der Waals surface area contributed by atoms with Crippen molar-refractivity contribution in [1.29, 1.82) is 5.26 Å². The fraction of sp³-hybridized carbons (Fsp3) is 0.308. The van der Waals surface area contributed by atoms with Crippen molar-refractivity contribution in [2.24, 2.45) is 11.5 Å². The minimum Gasteiger partial charge on any atom is -0.370 e. The summed E-state index contributed by atoms with van der Waals surface area (Å²) in [6.07, 6.45) is -0.0291. The molecule has 0 spiro atoms. The van der Waals surface area contributed by atoms with Gasteiger partial charge in [0.15, 0.2) is 0 Å². The lowest BCUT2D eigenvalue weighted by Gasteiger charge is -2.24. The molecule has 6 nitrogen and oxygen atoms in total. The Bertz CT molecular complexity index is 481. The molecule has 0 aliphatic heterocycles. The van der Waals surface area contributed by atoms with Crippen molar-refractivity contribution in [3.63, 3.8) is 0 Å². The van der Waals surface area contributed by atoms with Gasteiger partial charge in [-0.2, -0.15) is 5.26 Å². The molecule has 0 heterocycles. The highest BCUT2D eigenvalue weighted by Crippen LogP contribution is 2.15. The van der Waals surface area contributed by atoms with Gasteiger partial charge in [0.25, 0.3) is 0 Å². The van der Waals surface area contributed by atoms with Gasteiger partial charge in [-0.3, -0.25) is 9.59 Å². The molecular formula is C13H16N4O2. The summed E-state index contributed by atoms with van der Waals surface area (Å²) >= 11 is 0. The molecule has 2 amide bonds. The highest BCUT2D eigenvalue weighted by Gasteiger charge is 2.23. The number of primary amides is 1. The van der Waals surface area contributed by atoms with Crippen LogP contribution in [-0.2, 0) is 9.59 Å². The van der Waals surface area contributed by atoms with Gasteiger partial charge in [0, 0.05) is 12.2 Å². The summed E-state index contributed by atoms with van der Waals surface area (Å²) in [6.45, 7) is 0.228. The van der Waals surface area contributed by atoms with Crippen molar-refractivity contribution < 1.29 is 9.59 Å². The third kappa shape index (κ3) is 4.41. The van der Waals surface area contributed by atoms with Crippen LogP contribution in [0.3, 0.4) is 0 Å². The molecular weight excluding hydrogens is 244 g/mol. The summed E-state index contributed by atoms with van der Waals surface area (Å²) in [5.74, 6) is -1.05. The zero-order valence-electron chi connectivity index (χ0n) is 10.5. The second kappa shape index (κ2) is 7.13. The van der Waals surface area contributed by atoms with Gasteiger partial charge < -0.3 is 16.4 Å². The van der Waals surface area contributed by atoms with E-state index in [0.29, 0.717) is 5.69 Å². The third-order valence-corrected chi connectivity index (χ3v) is 2.52. The summed E-state index contributed by atoms with van der Waals surface area (Å²) in [5, 5.41) is 8.63. The van der Waals surface area contributed by atoms with Gasteiger partial charge in [-0.15, -0.1) is 0 Å². The van der Waals surface area contributed by atoms with Crippen molar-refractivity contribution in [2.45, 2.75) is 18.9 Å². The first kappa shape index (κ1) is 14.7. The number of para-hydroxylation sites is 1. The fourth-order valence-corrected chi connectivity index (χ4v) is 1.64. The minimum absolute atomic E-state index is 0.184. The zero-order chi connectivity index (χ0) is 14.3. The van der Waals surface area contributed by atoms with Crippen molar-refractivity contribution in [3.8, 4) is 6.07 Å². The lowest BCUT2D eigenvalue weighted by Crippen LogP contribution is -2.46. The molecule has 1 aromatic rings. The number of amides is 2. The van der Waals surface area contributed by atoms with Gasteiger partial charge in [0.05, 0.1) is 25.0 Å². The molecule has 0 radical (unpaired) electrons. The first-order valence-corrected chi connectivity index (χ1v) is 5.83. The molecule has 19 heavy (non-hydrogen) atoms. The number of carbonyl (C=O) groups is 2. The van der Waals surface area contributed by atoms with Crippen molar-refractivity contribution in [3.05, 3.63) is 30.3 Å². The van der Waals surface area contributed by atoms with Crippen molar-refractivity contribution in [1.82, 2.24) is 0 Å². The molecule has 1 unspecified atom stereocenters. The molecule has 1 atom stereocenters. The Morgan fingerprint density at radius 2 is 1.95 bits per heavy atom. The molecule has 0 aliphatic rings. The Morgan fingerprint density at radius 3 is 2.47 bits per heavy atom. The topological polar surface area (TPSA) is 113 Å². The Balaban J connectivity index is 2.88. The van der Waals surface area contributed by atoms with Gasteiger partial charge in [-0.25, -0.2) is 0 Å². The van der Waals surface area contributed by atoms with Crippen LogP contribution >= 0.6 is 0 Å². The smallest absolute Gasteiger partial charge is 0.244 e. The largest absolute Gasteiger partial charge is 0.370 e. The monoisotopic (exact) mass is 260 g/mol. The fourth-order valence-electron chi connectivity index (χ4n) is 1.64. The number of benzene rings is 1. The van der Waals surface area contributed by atoms with Crippen LogP contribution in [0.1, 0.15) is 12.8 Å². The van der Waals surface area contributed by atoms with Gasteiger partial charge in [-0.1, -0.05) is 18.2 Å². The highest BCUT2D eigenvalue weighted by molar-refractivity contribution is 5.99. The zero-order valence-corrected chi connectivity index (χ0v) is 10.5. The molecule has 1 aromatic carbocycles. The van der Waals surface area contributed by atoms with E-state index in [4.69, 9.17) is 16.7 Å². The van der Waals surface area contributed by atoms with Gasteiger partial charge in [0.2, 0.25) is 11.8 Å². The van der Waals surface area contributed by atoms with Crippen LogP contribution in [0.5, 0.6) is 0 Å². The molecule has 4 N–H and O–H groups in total. The van der Waals surface area contributed by atoms with Crippen LogP contribution in [-0.4, -0.2) is 24.4 Å². The van der Waals surface area contributed by atoms with Gasteiger partial charge in [-0.05, 0) is 12.1 Å². The van der Waals surface area contributed by atoms with Crippen LogP contribution in [0.15, 0.2) is 30.3 Å². The number of anilines is 1. The minimum atomic E-state index is -0.989. The Kier molecular flexibility index (Phi) is 5.51. The van der Waals surface area contributed by atoms with E-state index in [0.717, 1.165) is 0 Å². The number of rotatable bonds is 6. The van der Waals surface area contributed by atoms with Gasteiger partial charge in [0.1, 0.15) is 0 Å².